The predicted molar refractivity (Wildman–Crippen MR) is 60.9 cm³/mol. The van der Waals surface area contributed by atoms with Crippen molar-refractivity contribution in [2.45, 2.75) is 20.0 Å². The molecule has 1 aromatic carbocycles. The third-order valence-electron chi connectivity index (χ3n) is 2.41. The molecule has 17 heavy (non-hydrogen) atoms. The van der Waals surface area contributed by atoms with Crippen molar-refractivity contribution in [3.8, 4) is 5.75 Å². The Morgan fingerprint density at radius 2 is 2.18 bits per heavy atom. The van der Waals surface area contributed by atoms with Crippen LogP contribution in [-0.4, -0.2) is 17.6 Å². The van der Waals surface area contributed by atoms with Crippen LogP contribution in [0.3, 0.4) is 0 Å². The van der Waals surface area contributed by atoms with E-state index in [-0.39, 0.29) is 12.4 Å². The lowest BCUT2D eigenvalue weighted by Crippen LogP contribution is -2.25. The first-order valence-corrected chi connectivity index (χ1v) is 5.31. The molecule has 0 bridgehead atoms. The summed E-state index contributed by atoms with van der Waals surface area (Å²) in [6.45, 7) is 3.18. The number of rotatable bonds is 5. The first-order chi connectivity index (χ1) is 7.91. The molecule has 2 unspecified atom stereocenters. The lowest BCUT2D eigenvalue weighted by atomic mass is 10.1. The maximum atomic E-state index is 13.5. The predicted octanol–water partition coefficient (Wildman–Crippen LogP) is 1.38. The Morgan fingerprint density at radius 1 is 1.53 bits per heavy atom. The number of hydrogen-bond donors (Lipinski definition) is 2. The van der Waals surface area contributed by atoms with E-state index in [9.17, 15) is 14.3 Å². The maximum Gasteiger partial charge on any atom is 0.223 e. The number of amides is 1. The monoisotopic (exact) mass is 241 g/mol. The van der Waals surface area contributed by atoms with E-state index in [4.69, 9.17) is 10.5 Å². The van der Waals surface area contributed by atoms with Crippen LogP contribution >= 0.6 is 0 Å². The second-order valence-corrected chi connectivity index (χ2v) is 3.98. The fourth-order valence-electron chi connectivity index (χ4n) is 1.19. The standard InChI is InChI=1S/C12H16FNO3/c1-7(12(14)16)6-17-11-4-3-9(8(2)15)5-10(11)13/h3-5,7-8,15H,6H2,1-2H3,(H2,14,16). The van der Waals surface area contributed by atoms with Gasteiger partial charge in [-0.05, 0) is 24.6 Å². The average Bonchev–Trinajstić information content (AvgIpc) is 2.26. The first-order valence-electron chi connectivity index (χ1n) is 5.31. The Morgan fingerprint density at radius 3 is 2.65 bits per heavy atom. The molecule has 0 saturated heterocycles. The summed E-state index contributed by atoms with van der Waals surface area (Å²) in [5.74, 6) is -1.50. The van der Waals surface area contributed by atoms with E-state index in [0.29, 0.717) is 5.56 Å². The molecule has 0 heterocycles. The molecule has 0 saturated carbocycles. The fraction of sp³-hybridized carbons (Fsp3) is 0.417. The Kier molecular flexibility index (Phi) is 4.45. The van der Waals surface area contributed by atoms with Gasteiger partial charge in [0.05, 0.1) is 18.6 Å². The number of carbonyl (C=O) groups excluding carboxylic acids is 1. The molecule has 0 spiro atoms. The number of aliphatic hydroxyl groups is 1. The molecule has 3 N–H and O–H groups in total. The van der Waals surface area contributed by atoms with Crippen LogP contribution in [0.5, 0.6) is 5.75 Å². The Labute approximate surface area is 99.2 Å². The third-order valence-corrected chi connectivity index (χ3v) is 2.41. The second kappa shape index (κ2) is 5.63. The van der Waals surface area contributed by atoms with Gasteiger partial charge in [0, 0.05) is 0 Å². The minimum atomic E-state index is -0.733. The molecule has 0 aliphatic heterocycles. The number of nitrogens with two attached hydrogens (primary N) is 1. The summed E-state index contributed by atoms with van der Waals surface area (Å²) in [4.78, 5) is 10.8. The van der Waals surface area contributed by atoms with Gasteiger partial charge in [0.25, 0.3) is 0 Å². The smallest absolute Gasteiger partial charge is 0.223 e. The summed E-state index contributed by atoms with van der Waals surface area (Å²) in [5, 5.41) is 9.26. The number of aliphatic hydroxyl groups excluding tert-OH is 1. The molecule has 1 rings (SSSR count). The molecule has 0 fully saturated rings. The quantitative estimate of drug-likeness (QED) is 0.818. The van der Waals surface area contributed by atoms with Gasteiger partial charge in [-0.3, -0.25) is 4.79 Å². The molecule has 1 aromatic rings. The Hall–Kier alpha value is -1.62. The van der Waals surface area contributed by atoms with Crippen molar-refractivity contribution in [2.75, 3.05) is 6.61 Å². The van der Waals surface area contributed by atoms with Gasteiger partial charge in [-0.2, -0.15) is 0 Å². The number of halogens is 1. The van der Waals surface area contributed by atoms with E-state index < -0.39 is 23.7 Å². The van der Waals surface area contributed by atoms with Crippen LogP contribution in [0.1, 0.15) is 25.5 Å². The van der Waals surface area contributed by atoms with E-state index in [1.54, 1.807) is 19.9 Å². The van der Waals surface area contributed by atoms with Gasteiger partial charge in [0.2, 0.25) is 5.91 Å². The summed E-state index contributed by atoms with van der Waals surface area (Å²) in [5.41, 5.74) is 5.53. The highest BCUT2D eigenvalue weighted by Gasteiger charge is 2.12. The Bertz CT molecular complexity index is 407. The molecule has 0 aliphatic carbocycles. The van der Waals surface area contributed by atoms with Gasteiger partial charge in [-0.1, -0.05) is 13.0 Å². The number of primary amides is 1. The van der Waals surface area contributed by atoms with Crippen molar-refractivity contribution in [1.82, 2.24) is 0 Å². The molecule has 0 aromatic heterocycles. The number of benzene rings is 1. The zero-order valence-corrected chi connectivity index (χ0v) is 9.81. The van der Waals surface area contributed by atoms with Crippen molar-refractivity contribution in [3.05, 3.63) is 29.6 Å². The lowest BCUT2D eigenvalue weighted by Gasteiger charge is -2.12. The summed E-state index contributed by atoms with van der Waals surface area (Å²) >= 11 is 0. The van der Waals surface area contributed by atoms with Gasteiger partial charge in [0.15, 0.2) is 11.6 Å². The zero-order chi connectivity index (χ0) is 13.0. The molecule has 2 atom stereocenters. The summed E-state index contributed by atoms with van der Waals surface area (Å²) in [6, 6.07) is 4.19. The van der Waals surface area contributed by atoms with E-state index in [2.05, 4.69) is 0 Å². The summed E-state index contributed by atoms with van der Waals surface area (Å²) in [6.07, 6.45) is -0.733. The highest BCUT2D eigenvalue weighted by Crippen LogP contribution is 2.22. The van der Waals surface area contributed by atoms with Crippen molar-refractivity contribution in [1.29, 1.82) is 0 Å². The molecule has 1 amide bonds. The highest BCUT2D eigenvalue weighted by atomic mass is 19.1. The molecule has 94 valence electrons. The minimum Gasteiger partial charge on any atom is -0.490 e. The first kappa shape index (κ1) is 13.4. The van der Waals surface area contributed by atoms with Crippen LogP contribution in [-0.2, 0) is 4.79 Å². The van der Waals surface area contributed by atoms with Crippen LogP contribution in [0, 0.1) is 11.7 Å². The van der Waals surface area contributed by atoms with Gasteiger partial charge in [-0.15, -0.1) is 0 Å². The second-order valence-electron chi connectivity index (χ2n) is 3.98. The third kappa shape index (κ3) is 3.71. The zero-order valence-electron chi connectivity index (χ0n) is 9.81. The van der Waals surface area contributed by atoms with Crippen LogP contribution in [0.25, 0.3) is 0 Å². The van der Waals surface area contributed by atoms with Crippen LogP contribution < -0.4 is 10.5 Å². The van der Waals surface area contributed by atoms with Crippen molar-refractivity contribution < 1.29 is 19.0 Å². The minimum absolute atomic E-state index is 0.0281. The van der Waals surface area contributed by atoms with Crippen LogP contribution in [0.4, 0.5) is 4.39 Å². The highest BCUT2D eigenvalue weighted by molar-refractivity contribution is 5.76. The van der Waals surface area contributed by atoms with Crippen LogP contribution in [0.15, 0.2) is 18.2 Å². The van der Waals surface area contributed by atoms with Crippen molar-refractivity contribution in [3.63, 3.8) is 0 Å². The fourth-order valence-corrected chi connectivity index (χ4v) is 1.19. The summed E-state index contributed by atoms with van der Waals surface area (Å²) < 4.78 is 18.6. The topological polar surface area (TPSA) is 72.6 Å². The van der Waals surface area contributed by atoms with E-state index in [0.717, 1.165) is 0 Å². The van der Waals surface area contributed by atoms with Crippen LogP contribution in [0.2, 0.25) is 0 Å². The lowest BCUT2D eigenvalue weighted by molar-refractivity contribution is -0.122. The summed E-state index contributed by atoms with van der Waals surface area (Å²) in [7, 11) is 0. The Balaban J connectivity index is 2.70. The van der Waals surface area contributed by atoms with Gasteiger partial charge in [0.1, 0.15) is 0 Å². The number of hydrogen-bond acceptors (Lipinski definition) is 3. The van der Waals surface area contributed by atoms with Gasteiger partial charge >= 0.3 is 0 Å². The van der Waals surface area contributed by atoms with Crippen molar-refractivity contribution in [2.24, 2.45) is 11.7 Å². The maximum absolute atomic E-state index is 13.5. The molecular formula is C12H16FNO3. The van der Waals surface area contributed by atoms with E-state index >= 15 is 0 Å². The molecule has 0 radical (unpaired) electrons. The largest absolute Gasteiger partial charge is 0.490 e. The molecule has 4 nitrogen and oxygen atoms in total. The van der Waals surface area contributed by atoms with Crippen molar-refractivity contribution >= 4 is 5.91 Å². The SMILES string of the molecule is CC(COc1ccc(C(C)O)cc1F)C(N)=O. The number of carbonyl (C=O) groups is 1. The average molecular weight is 241 g/mol. The molecular weight excluding hydrogens is 225 g/mol. The molecule has 5 heteroatoms. The van der Waals surface area contributed by atoms with Gasteiger partial charge in [-0.25, -0.2) is 4.39 Å². The van der Waals surface area contributed by atoms with E-state index in [1.807, 2.05) is 0 Å². The molecule has 0 aliphatic rings. The normalized spacial score (nSPS) is 14.1. The van der Waals surface area contributed by atoms with E-state index in [1.165, 1.54) is 12.1 Å². The van der Waals surface area contributed by atoms with Gasteiger partial charge < -0.3 is 15.6 Å². The number of ether oxygens (including phenoxy) is 1.